The zero-order chi connectivity index (χ0) is 12.1. The number of aliphatic carboxylic acids is 1. The van der Waals surface area contributed by atoms with Gasteiger partial charge in [-0.1, -0.05) is 13.3 Å². The Morgan fingerprint density at radius 2 is 2.25 bits per heavy atom. The fourth-order valence-corrected chi connectivity index (χ4v) is 1.78. The van der Waals surface area contributed by atoms with Crippen LogP contribution < -0.4 is 5.32 Å². The molecule has 1 unspecified atom stereocenters. The maximum atomic E-state index is 11.6. The van der Waals surface area contributed by atoms with Crippen LogP contribution in [0.5, 0.6) is 0 Å². The van der Waals surface area contributed by atoms with E-state index in [0.717, 1.165) is 12.8 Å². The smallest absolute Gasteiger partial charge is 0.328 e. The number of carbonyl (C=O) groups excluding carboxylic acids is 1. The molecule has 1 aliphatic rings. The van der Waals surface area contributed by atoms with Crippen LogP contribution in [0.25, 0.3) is 0 Å². The van der Waals surface area contributed by atoms with Gasteiger partial charge < -0.3 is 20.4 Å². The topological polar surface area (TPSA) is 89.9 Å². The molecule has 2 atom stereocenters. The average molecular weight is 230 g/mol. The van der Waals surface area contributed by atoms with E-state index in [2.05, 4.69) is 12.2 Å². The third kappa shape index (κ3) is 3.10. The van der Waals surface area contributed by atoms with E-state index < -0.39 is 24.6 Å². The van der Waals surface area contributed by atoms with Crippen molar-refractivity contribution in [3.05, 3.63) is 0 Å². The molecule has 0 aromatic carbocycles. The molecule has 0 spiro atoms. The van der Waals surface area contributed by atoms with Gasteiger partial charge in [-0.05, 0) is 12.3 Å². The lowest BCUT2D eigenvalue weighted by Gasteiger charge is -2.19. The van der Waals surface area contributed by atoms with Gasteiger partial charge in [0.25, 0.3) is 0 Å². The number of carboxylic acids is 1. The number of carboxylic acid groups (broad SMARTS) is 1. The van der Waals surface area contributed by atoms with Gasteiger partial charge in [-0.15, -0.1) is 0 Å². The van der Waals surface area contributed by atoms with Crippen LogP contribution in [0, 0.1) is 5.92 Å². The summed E-state index contributed by atoms with van der Waals surface area (Å²) in [5.41, 5.74) is 0. The Labute approximate surface area is 94.2 Å². The van der Waals surface area contributed by atoms with Gasteiger partial charge in [-0.25, -0.2) is 9.59 Å². The Hall–Kier alpha value is -1.30. The Morgan fingerprint density at radius 3 is 2.69 bits per heavy atom. The SMILES string of the molecule is CCC1CCN(C(=O)N[C@H](CO)C(=O)O)C1. The van der Waals surface area contributed by atoms with E-state index in [1.165, 1.54) is 0 Å². The fourth-order valence-electron chi connectivity index (χ4n) is 1.78. The van der Waals surface area contributed by atoms with Crippen LogP contribution in [-0.4, -0.2) is 52.9 Å². The Morgan fingerprint density at radius 1 is 1.56 bits per heavy atom. The minimum absolute atomic E-state index is 0.405. The zero-order valence-electron chi connectivity index (χ0n) is 9.35. The number of rotatable bonds is 4. The minimum Gasteiger partial charge on any atom is -0.480 e. The van der Waals surface area contributed by atoms with Crippen molar-refractivity contribution in [3.63, 3.8) is 0 Å². The summed E-state index contributed by atoms with van der Waals surface area (Å²) in [5.74, 6) is -0.717. The van der Waals surface area contributed by atoms with Crippen molar-refractivity contribution < 1.29 is 19.8 Å². The molecule has 1 aliphatic heterocycles. The molecule has 6 heteroatoms. The molecule has 6 nitrogen and oxygen atoms in total. The predicted molar refractivity (Wildman–Crippen MR) is 57.0 cm³/mol. The van der Waals surface area contributed by atoms with Crippen LogP contribution in [-0.2, 0) is 4.79 Å². The Kier molecular flexibility index (Phi) is 4.54. The van der Waals surface area contributed by atoms with Gasteiger partial charge in [0, 0.05) is 13.1 Å². The van der Waals surface area contributed by atoms with Crippen molar-refractivity contribution in [3.8, 4) is 0 Å². The molecular formula is C10H18N2O4. The molecule has 0 aromatic heterocycles. The summed E-state index contributed by atoms with van der Waals surface area (Å²) >= 11 is 0. The Balaban J connectivity index is 2.43. The van der Waals surface area contributed by atoms with Gasteiger partial charge in [-0.2, -0.15) is 0 Å². The summed E-state index contributed by atoms with van der Waals surface area (Å²) in [4.78, 5) is 23.8. The first-order valence-electron chi connectivity index (χ1n) is 5.47. The van der Waals surface area contributed by atoms with Gasteiger partial charge in [-0.3, -0.25) is 0 Å². The molecule has 2 amide bonds. The molecule has 16 heavy (non-hydrogen) atoms. The molecule has 0 saturated carbocycles. The first kappa shape index (κ1) is 12.8. The van der Waals surface area contributed by atoms with Crippen molar-refractivity contribution in [2.24, 2.45) is 5.92 Å². The number of aliphatic hydroxyl groups excluding tert-OH is 1. The highest BCUT2D eigenvalue weighted by Crippen LogP contribution is 2.18. The average Bonchev–Trinajstić information content (AvgIpc) is 2.73. The maximum Gasteiger partial charge on any atom is 0.328 e. The normalized spacial score (nSPS) is 21.9. The summed E-state index contributed by atoms with van der Waals surface area (Å²) in [6.45, 7) is 2.80. The van der Waals surface area contributed by atoms with Crippen LogP contribution in [0.1, 0.15) is 19.8 Å². The number of nitrogens with one attached hydrogen (secondary N) is 1. The zero-order valence-corrected chi connectivity index (χ0v) is 9.35. The molecule has 92 valence electrons. The molecule has 1 fully saturated rings. The highest BCUT2D eigenvalue weighted by atomic mass is 16.4. The van der Waals surface area contributed by atoms with Gasteiger partial charge in [0.2, 0.25) is 0 Å². The van der Waals surface area contributed by atoms with Crippen LogP contribution in [0.4, 0.5) is 4.79 Å². The fraction of sp³-hybridized carbons (Fsp3) is 0.800. The number of urea groups is 1. The van der Waals surface area contributed by atoms with Gasteiger partial charge in [0.1, 0.15) is 0 Å². The Bertz CT molecular complexity index is 270. The molecule has 1 rings (SSSR count). The van der Waals surface area contributed by atoms with E-state index in [-0.39, 0.29) is 0 Å². The number of nitrogens with zero attached hydrogens (tertiary/aromatic N) is 1. The maximum absolute atomic E-state index is 11.6. The van der Waals surface area contributed by atoms with E-state index in [0.29, 0.717) is 19.0 Å². The largest absolute Gasteiger partial charge is 0.480 e. The quantitative estimate of drug-likeness (QED) is 0.627. The van der Waals surface area contributed by atoms with Gasteiger partial charge >= 0.3 is 12.0 Å². The molecule has 0 aliphatic carbocycles. The molecule has 3 N–H and O–H groups in total. The summed E-state index contributed by atoms with van der Waals surface area (Å²) < 4.78 is 0. The highest BCUT2D eigenvalue weighted by Gasteiger charge is 2.27. The van der Waals surface area contributed by atoms with Crippen LogP contribution in [0.15, 0.2) is 0 Å². The standard InChI is InChI=1S/C10H18N2O4/c1-2-7-3-4-12(5-7)10(16)11-8(6-13)9(14)15/h7-8,13H,2-6H2,1H3,(H,11,16)(H,14,15)/t7?,8-/m1/s1. The number of carbonyl (C=O) groups is 2. The molecule has 0 aromatic rings. The van der Waals surface area contributed by atoms with Gasteiger partial charge in [0.05, 0.1) is 6.61 Å². The van der Waals surface area contributed by atoms with Crippen molar-refractivity contribution >= 4 is 12.0 Å². The second-order valence-corrected chi connectivity index (χ2v) is 4.03. The lowest BCUT2D eigenvalue weighted by atomic mass is 10.1. The van der Waals surface area contributed by atoms with Crippen molar-refractivity contribution in [2.45, 2.75) is 25.8 Å². The number of amides is 2. The lowest BCUT2D eigenvalue weighted by molar-refractivity contribution is -0.140. The minimum atomic E-state index is -1.22. The van der Waals surface area contributed by atoms with E-state index in [4.69, 9.17) is 10.2 Å². The number of likely N-dealkylation sites (tertiary alicyclic amines) is 1. The van der Waals surface area contributed by atoms with E-state index in [9.17, 15) is 9.59 Å². The first-order valence-corrected chi connectivity index (χ1v) is 5.47. The van der Waals surface area contributed by atoms with Crippen LogP contribution in [0.2, 0.25) is 0 Å². The second kappa shape index (κ2) is 5.69. The molecule has 0 bridgehead atoms. The molecule has 1 saturated heterocycles. The third-order valence-electron chi connectivity index (χ3n) is 2.93. The highest BCUT2D eigenvalue weighted by molar-refractivity contribution is 5.82. The summed E-state index contributed by atoms with van der Waals surface area (Å²) in [6.07, 6.45) is 1.98. The second-order valence-electron chi connectivity index (χ2n) is 4.03. The van der Waals surface area contributed by atoms with E-state index in [1.807, 2.05) is 0 Å². The molecular weight excluding hydrogens is 212 g/mol. The predicted octanol–water partition coefficient (Wildman–Crippen LogP) is -0.127. The summed E-state index contributed by atoms with van der Waals surface area (Å²) in [5, 5.41) is 19.7. The van der Waals surface area contributed by atoms with Crippen LogP contribution >= 0.6 is 0 Å². The molecule has 1 heterocycles. The van der Waals surface area contributed by atoms with Crippen molar-refractivity contribution in [1.29, 1.82) is 0 Å². The lowest BCUT2D eigenvalue weighted by Crippen LogP contribution is -2.48. The van der Waals surface area contributed by atoms with E-state index in [1.54, 1.807) is 4.90 Å². The van der Waals surface area contributed by atoms with Crippen LogP contribution in [0.3, 0.4) is 0 Å². The third-order valence-corrected chi connectivity index (χ3v) is 2.93. The molecule has 0 radical (unpaired) electrons. The summed E-state index contributed by atoms with van der Waals surface area (Å²) in [7, 11) is 0. The number of aliphatic hydroxyl groups is 1. The number of hydrogen-bond acceptors (Lipinski definition) is 3. The van der Waals surface area contributed by atoms with Crippen molar-refractivity contribution in [2.75, 3.05) is 19.7 Å². The number of hydrogen-bond donors (Lipinski definition) is 3. The first-order chi connectivity index (χ1) is 7.58. The summed E-state index contributed by atoms with van der Waals surface area (Å²) in [6, 6.07) is -1.62. The van der Waals surface area contributed by atoms with E-state index >= 15 is 0 Å². The monoisotopic (exact) mass is 230 g/mol. The van der Waals surface area contributed by atoms with Gasteiger partial charge in [0.15, 0.2) is 6.04 Å². The van der Waals surface area contributed by atoms with Crippen molar-refractivity contribution in [1.82, 2.24) is 10.2 Å².